The molecule has 0 saturated carbocycles. The van der Waals surface area contributed by atoms with Crippen LogP contribution in [0.15, 0.2) is 0 Å². The average Bonchev–Trinajstić information content (AvgIpc) is 2.70. The largest absolute Gasteiger partial charge is 0.461 e. The van der Waals surface area contributed by atoms with E-state index in [1.54, 1.807) is 0 Å². The zero-order valence-corrected chi connectivity index (χ0v) is 9.00. The number of esters is 1. The van der Waals surface area contributed by atoms with Gasteiger partial charge in [-0.05, 0) is 19.3 Å². The van der Waals surface area contributed by atoms with Gasteiger partial charge < -0.3 is 9.47 Å². The Balaban J connectivity index is 2.53. The number of hydrogen-bond donors (Lipinski definition) is 0. The Bertz CT molecular complexity index is 272. The number of alkyl halides is 2. The van der Waals surface area contributed by atoms with Gasteiger partial charge in [0.1, 0.15) is 0 Å². The van der Waals surface area contributed by atoms with Gasteiger partial charge in [0.25, 0.3) is 0 Å². The number of Topliss-reactive ketones (excluding diaryl/α,β-unsaturated/α-hetero) is 1. The van der Waals surface area contributed by atoms with E-state index in [4.69, 9.17) is 4.74 Å². The van der Waals surface area contributed by atoms with Crippen LogP contribution in [-0.4, -0.2) is 37.5 Å². The average molecular weight is 236 g/mol. The number of carbonyl (C=O) groups excluding carboxylic acids is 2. The quantitative estimate of drug-likeness (QED) is 0.531. The van der Waals surface area contributed by atoms with Crippen molar-refractivity contribution in [2.75, 3.05) is 19.8 Å². The molecule has 1 unspecified atom stereocenters. The van der Waals surface area contributed by atoms with Crippen molar-refractivity contribution in [1.82, 2.24) is 0 Å². The molecule has 0 radical (unpaired) electrons. The third kappa shape index (κ3) is 2.98. The topological polar surface area (TPSA) is 52.6 Å². The molecule has 0 bridgehead atoms. The van der Waals surface area contributed by atoms with Crippen LogP contribution < -0.4 is 0 Å². The lowest BCUT2D eigenvalue weighted by molar-refractivity contribution is -0.176. The Labute approximate surface area is 91.9 Å². The van der Waals surface area contributed by atoms with Crippen LogP contribution >= 0.6 is 0 Å². The molecule has 0 aromatic heterocycles. The summed E-state index contributed by atoms with van der Waals surface area (Å²) in [6.45, 7) is 2.01. The lowest BCUT2D eigenvalue weighted by Gasteiger charge is -2.14. The first-order valence-corrected chi connectivity index (χ1v) is 5.14. The number of ketones is 1. The maximum atomic E-state index is 13.2. The SMILES string of the molecule is CCOC(=O)C(F)(F)C(=O)CC1CCOC1. The molecule has 0 aromatic rings. The maximum absolute atomic E-state index is 13.2. The van der Waals surface area contributed by atoms with Crippen LogP contribution in [0.25, 0.3) is 0 Å². The molecule has 92 valence electrons. The number of hydrogen-bond acceptors (Lipinski definition) is 4. The second-order valence-electron chi connectivity index (χ2n) is 3.65. The fourth-order valence-electron chi connectivity index (χ4n) is 1.47. The minimum absolute atomic E-state index is 0.172. The van der Waals surface area contributed by atoms with Crippen LogP contribution in [-0.2, 0) is 19.1 Å². The monoisotopic (exact) mass is 236 g/mol. The van der Waals surface area contributed by atoms with Gasteiger partial charge in [-0.2, -0.15) is 8.78 Å². The van der Waals surface area contributed by atoms with Gasteiger partial charge in [-0.25, -0.2) is 4.79 Å². The predicted octanol–water partition coefficient (Wildman–Crippen LogP) is 1.18. The summed E-state index contributed by atoms with van der Waals surface area (Å²) in [6, 6.07) is 0. The molecule has 1 atom stereocenters. The first-order chi connectivity index (χ1) is 7.48. The highest BCUT2D eigenvalue weighted by Gasteiger charge is 2.48. The molecule has 0 aliphatic carbocycles. The number of ether oxygens (including phenoxy) is 2. The van der Waals surface area contributed by atoms with Crippen LogP contribution in [0.5, 0.6) is 0 Å². The molecular weight excluding hydrogens is 222 g/mol. The summed E-state index contributed by atoms with van der Waals surface area (Å²) < 4.78 is 35.5. The molecule has 1 rings (SSSR count). The van der Waals surface area contributed by atoms with Crippen molar-refractivity contribution in [2.45, 2.75) is 25.7 Å². The van der Waals surface area contributed by atoms with Crippen molar-refractivity contribution < 1.29 is 27.8 Å². The predicted molar refractivity (Wildman–Crippen MR) is 50.1 cm³/mol. The van der Waals surface area contributed by atoms with Gasteiger partial charge in [0.05, 0.1) is 6.61 Å². The summed E-state index contributed by atoms with van der Waals surface area (Å²) in [5, 5.41) is 0. The van der Waals surface area contributed by atoms with Gasteiger partial charge in [-0.1, -0.05) is 0 Å². The minimum atomic E-state index is -4.03. The summed E-state index contributed by atoms with van der Waals surface area (Å²) in [5.41, 5.74) is 0. The van der Waals surface area contributed by atoms with Crippen LogP contribution in [0, 0.1) is 5.92 Å². The molecule has 0 N–H and O–H groups in total. The molecule has 1 aliphatic heterocycles. The van der Waals surface area contributed by atoms with Crippen LogP contribution in [0.2, 0.25) is 0 Å². The lowest BCUT2D eigenvalue weighted by Crippen LogP contribution is -2.40. The molecule has 16 heavy (non-hydrogen) atoms. The third-order valence-electron chi connectivity index (χ3n) is 2.38. The lowest BCUT2D eigenvalue weighted by atomic mass is 9.99. The summed E-state index contributed by atoms with van der Waals surface area (Å²) in [6.07, 6.45) is 0.233. The van der Waals surface area contributed by atoms with E-state index in [0.717, 1.165) is 0 Å². The van der Waals surface area contributed by atoms with Crippen molar-refractivity contribution in [3.8, 4) is 0 Å². The zero-order chi connectivity index (χ0) is 12.2. The second-order valence-corrected chi connectivity index (χ2v) is 3.65. The molecule has 0 aromatic carbocycles. The molecule has 0 spiro atoms. The third-order valence-corrected chi connectivity index (χ3v) is 2.38. The summed E-state index contributed by atoms with van der Waals surface area (Å²) in [5.74, 6) is -7.40. The molecule has 0 amide bonds. The first kappa shape index (κ1) is 13.0. The van der Waals surface area contributed by atoms with Crippen LogP contribution in [0.1, 0.15) is 19.8 Å². The van der Waals surface area contributed by atoms with E-state index in [9.17, 15) is 18.4 Å². The van der Waals surface area contributed by atoms with Crippen molar-refractivity contribution in [3.05, 3.63) is 0 Å². The maximum Gasteiger partial charge on any atom is 0.399 e. The van der Waals surface area contributed by atoms with Gasteiger partial charge in [-0.3, -0.25) is 4.79 Å². The standard InChI is InChI=1S/C10H14F2O4/c1-2-16-9(14)10(11,12)8(13)5-7-3-4-15-6-7/h7H,2-6H2,1H3. The van der Waals surface area contributed by atoms with Crippen LogP contribution in [0.4, 0.5) is 8.78 Å². The van der Waals surface area contributed by atoms with Gasteiger partial charge >= 0.3 is 11.9 Å². The molecule has 1 heterocycles. The molecule has 1 saturated heterocycles. The Morgan fingerprint density at radius 1 is 1.50 bits per heavy atom. The van der Waals surface area contributed by atoms with Gasteiger partial charge in [0.15, 0.2) is 0 Å². The molecule has 4 nitrogen and oxygen atoms in total. The smallest absolute Gasteiger partial charge is 0.399 e. The van der Waals surface area contributed by atoms with Crippen molar-refractivity contribution >= 4 is 11.8 Å². The number of halogens is 2. The Kier molecular flexibility index (Phi) is 4.35. The van der Waals surface area contributed by atoms with Crippen LogP contribution in [0.3, 0.4) is 0 Å². The highest BCUT2D eigenvalue weighted by Crippen LogP contribution is 2.24. The Morgan fingerprint density at radius 2 is 2.19 bits per heavy atom. The summed E-state index contributed by atoms with van der Waals surface area (Å²) >= 11 is 0. The summed E-state index contributed by atoms with van der Waals surface area (Å²) in [7, 11) is 0. The Hall–Kier alpha value is -1.04. The van der Waals surface area contributed by atoms with Crippen molar-refractivity contribution in [1.29, 1.82) is 0 Å². The van der Waals surface area contributed by atoms with E-state index >= 15 is 0 Å². The highest BCUT2D eigenvalue weighted by molar-refractivity contribution is 6.05. The van der Waals surface area contributed by atoms with E-state index in [-0.39, 0.29) is 18.9 Å². The van der Waals surface area contributed by atoms with Crippen molar-refractivity contribution in [2.24, 2.45) is 5.92 Å². The second kappa shape index (κ2) is 5.34. The summed E-state index contributed by atoms with van der Waals surface area (Å²) in [4.78, 5) is 22.1. The van der Waals surface area contributed by atoms with Crippen molar-refractivity contribution in [3.63, 3.8) is 0 Å². The molecule has 1 fully saturated rings. The highest BCUT2D eigenvalue weighted by atomic mass is 19.3. The number of carbonyl (C=O) groups is 2. The van der Waals surface area contributed by atoms with E-state index < -0.39 is 17.7 Å². The van der Waals surface area contributed by atoms with E-state index in [1.165, 1.54) is 6.92 Å². The normalized spacial score (nSPS) is 20.8. The van der Waals surface area contributed by atoms with E-state index in [1.807, 2.05) is 0 Å². The Morgan fingerprint density at radius 3 is 2.69 bits per heavy atom. The fourth-order valence-corrected chi connectivity index (χ4v) is 1.47. The van der Waals surface area contributed by atoms with Gasteiger partial charge in [0.2, 0.25) is 5.78 Å². The first-order valence-electron chi connectivity index (χ1n) is 5.14. The van der Waals surface area contributed by atoms with E-state index in [0.29, 0.717) is 19.6 Å². The number of rotatable bonds is 5. The molecule has 1 aliphatic rings. The zero-order valence-electron chi connectivity index (χ0n) is 9.00. The van der Waals surface area contributed by atoms with Gasteiger partial charge in [0, 0.05) is 19.6 Å². The molecule has 6 heteroatoms. The van der Waals surface area contributed by atoms with Gasteiger partial charge in [-0.15, -0.1) is 0 Å². The van der Waals surface area contributed by atoms with E-state index in [2.05, 4.69) is 4.74 Å². The minimum Gasteiger partial charge on any atom is -0.461 e. The fraction of sp³-hybridized carbons (Fsp3) is 0.800. The molecular formula is C10H14F2O4.